The summed E-state index contributed by atoms with van der Waals surface area (Å²) in [5, 5.41) is 3.06. The van der Waals surface area contributed by atoms with E-state index in [0.29, 0.717) is 17.7 Å². The molecule has 0 aliphatic carbocycles. The molecule has 3 heteroatoms. The minimum atomic E-state index is -0.953. The number of rotatable bonds is 7. The predicted octanol–water partition coefficient (Wildman–Crippen LogP) is 5.42. The van der Waals surface area contributed by atoms with E-state index in [4.69, 9.17) is 0 Å². The Morgan fingerprint density at radius 3 is 2.45 bits per heavy atom. The molecule has 1 aromatic carbocycles. The SMILES string of the molecule is C\C=C/C(=C\C)C(/CC(F)CC)=C(/NC)c1ccccc1F. The third-order valence-electron chi connectivity index (χ3n) is 3.57. The molecule has 0 saturated heterocycles. The molecule has 0 radical (unpaired) electrons. The van der Waals surface area contributed by atoms with Crippen LogP contribution in [0.3, 0.4) is 0 Å². The van der Waals surface area contributed by atoms with Crippen LogP contribution < -0.4 is 5.32 Å². The van der Waals surface area contributed by atoms with Crippen LogP contribution in [0, 0.1) is 5.82 Å². The lowest BCUT2D eigenvalue weighted by Gasteiger charge is -2.19. The summed E-state index contributed by atoms with van der Waals surface area (Å²) in [4.78, 5) is 0. The van der Waals surface area contributed by atoms with Crippen molar-refractivity contribution in [2.75, 3.05) is 7.05 Å². The summed E-state index contributed by atoms with van der Waals surface area (Å²) >= 11 is 0. The lowest BCUT2D eigenvalue weighted by atomic mass is 9.93. The Bertz CT molecular complexity index is 571. The number of hydrogen-bond donors (Lipinski definition) is 1. The van der Waals surface area contributed by atoms with Crippen molar-refractivity contribution in [2.24, 2.45) is 0 Å². The molecule has 1 nitrogen and oxygen atoms in total. The Hall–Kier alpha value is -1.90. The third kappa shape index (κ3) is 4.55. The number of allylic oxidation sites excluding steroid dienone is 5. The molecule has 0 bridgehead atoms. The van der Waals surface area contributed by atoms with Gasteiger partial charge in [0.1, 0.15) is 12.0 Å². The van der Waals surface area contributed by atoms with E-state index >= 15 is 0 Å². The Morgan fingerprint density at radius 1 is 1.27 bits per heavy atom. The molecule has 0 aliphatic rings. The van der Waals surface area contributed by atoms with E-state index in [9.17, 15) is 8.78 Å². The fraction of sp³-hybridized carbons (Fsp3) is 0.368. The van der Waals surface area contributed by atoms with Crippen molar-refractivity contribution >= 4 is 5.70 Å². The van der Waals surface area contributed by atoms with Gasteiger partial charge in [-0.05, 0) is 43.5 Å². The number of benzene rings is 1. The third-order valence-corrected chi connectivity index (χ3v) is 3.57. The second kappa shape index (κ2) is 9.19. The van der Waals surface area contributed by atoms with Crippen LogP contribution in [0.5, 0.6) is 0 Å². The van der Waals surface area contributed by atoms with Gasteiger partial charge in [-0.1, -0.05) is 37.3 Å². The van der Waals surface area contributed by atoms with Crippen LogP contribution in [0.15, 0.2) is 53.6 Å². The van der Waals surface area contributed by atoms with Crippen LogP contribution in [-0.4, -0.2) is 13.2 Å². The quantitative estimate of drug-likeness (QED) is 0.663. The Morgan fingerprint density at radius 2 is 1.95 bits per heavy atom. The summed E-state index contributed by atoms with van der Waals surface area (Å²) < 4.78 is 28.2. The van der Waals surface area contributed by atoms with Crippen molar-refractivity contribution in [3.05, 3.63) is 65.0 Å². The van der Waals surface area contributed by atoms with Crippen molar-refractivity contribution in [3.63, 3.8) is 0 Å². The van der Waals surface area contributed by atoms with Gasteiger partial charge >= 0.3 is 0 Å². The van der Waals surface area contributed by atoms with Crippen molar-refractivity contribution in [1.82, 2.24) is 5.32 Å². The summed E-state index contributed by atoms with van der Waals surface area (Å²) in [6.45, 7) is 5.63. The molecule has 120 valence electrons. The zero-order valence-corrected chi connectivity index (χ0v) is 13.8. The van der Waals surface area contributed by atoms with Gasteiger partial charge in [-0.25, -0.2) is 8.78 Å². The van der Waals surface area contributed by atoms with Crippen LogP contribution in [0.25, 0.3) is 5.70 Å². The predicted molar refractivity (Wildman–Crippen MR) is 90.8 cm³/mol. The van der Waals surface area contributed by atoms with Crippen LogP contribution in [-0.2, 0) is 0 Å². The number of halogens is 2. The van der Waals surface area contributed by atoms with Gasteiger partial charge < -0.3 is 5.32 Å². The minimum absolute atomic E-state index is 0.255. The van der Waals surface area contributed by atoms with Gasteiger partial charge in [0.15, 0.2) is 0 Å². The van der Waals surface area contributed by atoms with Gasteiger partial charge in [-0.2, -0.15) is 0 Å². The minimum Gasteiger partial charge on any atom is -0.387 e. The first kappa shape index (κ1) is 18.1. The maximum atomic E-state index is 14.2. The molecule has 0 fully saturated rings. The number of hydrogen-bond acceptors (Lipinski definition) is 1. The molecule has 0 heterocycles. The van der Waals surface area contributed by atoms with Crippen LogP contribution in [0.1, 0.15) is 39.2 Å². The zero-order valence-electron chi connectivity index (χ0n) is 13.8. The van der Waals surface area contributed by atoms with Crippen molar-refractivity contribution in [3.8, 4) is 0 Å². The molecule has 0 aliphatic heterocycles. The maximum absolute atomic E-state index is 14.2. The summed E-state index contributed by atoms with van der Waals surface area (Å²) in [6, 6.07) is 6.56. The molecule has 1 atom stereocenters. The standard InChI is InChI=1S/C19H25F2N/c1-5-10-14(6-2)17(13-15(20)7-3)19(22-4)16-11-8-9-12-18(16)21/h5-6,8-12,15,22H,7,13H2,1-4H3/b10-5-,14-6+,19-17+. The van der Waals surface area contributed by atoms with Crippen molar-refractivity contribution < 1.29 is 8.78 Å². The lowest BCUT2D eigenvalue weighted by molar-refractivity contribution is 0.323. The number of alkyl halides is 1. The zero-order chi connectivity index (χ0) is 16.5. The van der Waals surface area contributed by atoms with Crippen LogP contribution >= 0.6 is 0 Å². The molecular weight excluding hydrogens is 280 g/mol. The topological polar surface area (TPSA) is 12.0 Å². The van der Waals surface area contributed by atoms with Crippen molar-refractivity contribution in [1.29, 1.82) is 0 Å². The Balaban J connectivity index is 3.51. The second-order valence-electron chi connectivity index (χ2n) is 5.04. The monoisotopic (exact) mass is 305 g/mol. The Labute approximate surface area is 132 Å². The molecule has 0 spiro atoms. The average molecular weight is 305 g/mol. The molecular formula is C19H25F2N. The summed E-state index contributed by atoms with van der Waals surface area (Å²) in [5.41, 5.74) is 2.81. The van der Waals surface area contributed by atoms with Crippen molar-refractivity contribution in [2.45, 2.75) is 39.8 Å². The largest absolute Gasteiger partial charge is 0.387 e. The highest BCUT2D eigenvalue weighted by molar-refractivity contribution is 5.72. The average Bonchev–Trinajstić information content (AvgIpc) is 2.53. The van der Waals surface area contributed by atoms with Gasteiger partial charge in [0, 0.05) is 24.7 Å². The number of nitrogens with one attached hydrogen (secondary N) is 1. The van der Waals surface area contributed by atoms with E-state index in [1.165, 1.54) is 6.07 Å². The van der Waals surface area contributed by atoms with E-state index in [1.807, 2.05) is 39.0 Å². The van der Waals surface area contributed by atoms with E-state index < -0.39 is 6.17 Å². The molecule has 0 saturated carbocycles. The highest BCUT2D eigenvalue weighted by atomic mass is 19.1. The maximum Gasteiger partial charge on any atom is 0.132 e. The summed E-state index contributed by atoms with van der Waals surface area (Å²) in [6.07, 6.45) is 5.50. The van der Waals surface area contributed by atoms with E-state index in [0.717, 1.165) is 11.1 Å². The Kier molecular flexibility index (Phi) is 7.58. The molecule has 22 heavy (non-hydrogen) atoms. The summed E-state index contributed by atoms with van der Waals surface area (Å²) in [5.74, 6) is -0.313. The fourth-order valence-corrected chi connectivity index (χ4v) is 2.39. The first-order valence-corrected chi connectivity index (χ1v) is 7.68. The van der Waals surface area contributed by atoms with Gasteiger partial charge in [-0.3, -0.25) is 0 Å². The smallest absolute Gasteiger partial charge is 0.132 e. The molecule has 0 amide bonds. The molecule has 1 unspecified atom stereocenters. The molecule has 1 rings (SSSR count). The van der Waals surface area contributed by atoms with E-state index in [-0.39, 0.29) is 12.2 Å². The first-order chi connectivity index (χ1) is 10.6. The van der Waals surface area contributed by atoms with Gasteiger partial charge in [0.25, 0.3) is 0 Å². The van der Waals surface area contributed by atoms with Gasteiger partial charge in [0.05, 0.1) is 0 Å². The fourth-order valence-electron chi connectivity index (χ4n) is 2.39. The van der Waals surface area contributed by atoms with Gasteiger partial charge in [0.2, 0.25) is 0 Å². The van der Waals surface area contributed by atoms with Gasteiger partial charge in [-0.15, -0.1) is 0 Å². The van der Waals surface area contributed by atoms with Crippen LogP contribution in [0.4, 0.5) is 8.78 Å². The normalized spacial score (nSPS) is 14.9. The molecule has 1 aromatic rings. The second-order valence-corrected chi connectivity index (χ2v) is 5.04. The highest BCUT2D eigenvalue weighted by Gasteiger charge is 2.17. The van der Waals surface area contributed by atoms with E-state index in [1.54, 1.807) is 25.2 Å². The first-order valence-electron chi connectivity index (χ1n) is 7.68. The summed E-state index contributed by atoms with van der Waals surface area (Å²) in [7, 11) is 1.74. The lowest BCUT2D eigenvalue weighted by Crippen LogP contribution is -2.13. The molecule has 1 N–H and O–H groups in total. The van der Waals surface area contributed by atoms with E-state index in [2.05, 4.69) is 5.32 Å². The highest BCUT2D eigenvalue weighted by Crippen LogP contribution is 2.29. The molecule has 0 aromatic heterocycles. The van der Waals surface area contributed by atoms with Crippen LogP contribution in [0.2, 0.25) is 0 Å².